The van der Waals surface area contributed by atoms with Gasteiger partial charge < -0.3 is 9.84 Å². The van der Waals surface area contributed by atoms with Crippen molar-refractivity contribution in [2.75, 3.05) is 13.7 Å². The maximum atomic E-state index is 10.6. The Bertz CT molecular complexity index is 553. The summed E-state index contributed by atoms with van der Waals surface area (Å²) in [5.74, 6) is 0.158. The van der Waals surface area contributed by atoms with Crippen molar-refractivity contribution in [3.05, 3.63) is 41.6 Å². The van der Waals surface area contributed by atoms with E-state index in [-0.39, 0.29) is 5.92 Å². The molecule has 19 heavy (non-hydrogen) atoms. The zero-order valence-corrected chi connectivity index (χ0v) is 11.8. The second-order valence-corrected chi connectivity index (χ2v) is 5.07. The molecular weight excluding hydrogens is 238 g/mol. The molecule has 3 heteroatoms. The molecule has 2 atom stereocenters. The van der Waals surface area contributed by atoms with Gasteiger partial charge in [0.1, 0.15) is 0 Å². The highest BCUT2D eigenvalue weighted by molar-refractivity contribution is 5.82. The number of aliphatic hydroxyl groups is 1. The van der Waals surface area contributed by atoms with Gasteiger partial charge in [0.25, 0.3) is 0 Å². The molecule has 0 aliphatic carbocycles. The molecule has 0 aliphatic heterocycles. The molecule has 1 aromatic heterocycles. The summed E-state index contributed by atoms with van der Waals surface area (Å²) < 4.78 is 5.09. The summed E-state index contributed by atoms with van der Waals surface area (Å²) in [6, 6.07) is 9.94. The summed E-state index contributed by atoms with van der Waals surface area (Å²) in [4.78, 5) is 4.50. The van der Waals surface area contributed by atoms with Crippen molar-refractivity contribution in [1.29, 1.82) is 0 Å². The molecular formula is C16H21NO2. The van der Waals surface area contributed by atoms with E-state index in [4.69, 9.17) is 4.74 Å². The van der Waals surface area contributed by atoms with Crippen molar-refractivity contribution in [2.24, 2.45) is 5.92 Å². The fourth-order valence-corrected chi connectivity index (χ4v) is 2.35. The van der Waals surface area contributed by atoms with E-state index in [1.165, 1.54) is 0 Å². The number of nitrogens with zero attached hydrogens (tertiary/aromatic N) is 1. The Morgan fingerprint density at radius 1 is 1.32 bits per heavy atom. The Labute approximate surface area is 114 Å². The van der Waals surface area contributed by atoms with Crippen LogP contribution in [0.3, 0.4) is 0 Å². The Morgan fingerprint density at radius 2 is 2.05 bits per heavy atom. The lowest BCUT2D eigenvalue weighted by molar-refractivity contribution is 0.0896. The Morgan fingerprint density at radius 3 is 2.79 bits per heavy atom. The van der Waals surface area contributed by atoms with E-state index in [0.29, 0.717) is 6.61 Å². The number of fused-ring (bicyclic) bond motifs is 1. The van der Waals surface area contributed by atoms with Crippen molar-refractivity contribution in [3.63, 3.8) is 0 Å². The number of aliphatic hydroxyl groups excluding tert-OH is 1. The van der Waals surface area contributed by atoms with Gasteiger partial charge in [-0.3, -0.25) is 4.98 Å². The second-order valence-electron chi connectivity index (χ2n) is 5.07. The van der Waals surface area contributed by atoms with Crippen LogP contribution in [0.25, 0.3) is 10.9 Å². The predicted molar refractivity (Wildman–Crippen MR) is 77.1 cm³/mol. The lowest BCUT2D eigenvalue weighted by Gasteiger charge is -2.20. The van der Waals surface area contributed by atoms with E-state index in [1.54, 1.807) is 7.11 Å². The molecule has 0 fully saturated rings. The fourth-order valence-electron chi connectivity index (χ4n) is 2.35. The van der Waals surface area contributed by atoms with Crippen LogP contribution in [0.4, 0.5) is 0 Å². The number of hydrogen-bond donors (Lipinski definition) is 1. The second kappa shape index (κ2) is 6.13. The summed E-state index contributed by atoms with van der Waals surface area (Å²) >= 11 is 0. The van der Waals surface area contributed by atoms with E-state index in [1.807, 2.05) is 44.2 Å². The molecule has 0 saturated heterocycles. The third-order valence-corrected chi connectivity index (χ3v) is 3.51. The summed E-state index contributed by atoms with van der Waals surface area (Å²) in [6.45, 7) is 4.68. The van der Waals surface area contributed by atoms with Crippen LogP contribution in [0, 0.1) is 12.8 Å². The first-order chi connectivity index (χ1) is 9.13. The van der Waals surface area contributed by atoms with Crippen LogP contribution in [0.1, 0.15) is 30.7 Å². The number of benzene rings is 1. The molecule has 0 bridgehead atoms. The largest absolute Gasteiger partial charge is 0.388 e. The number of aromatic nitrogens is 1. The van der Waals surface area contributed by atoms with Crippen molar-refractivity contribution in [3.8, 4) is 0 Å². The average molecular weight is 259 g/mol. The molecule has 2 unspecified atom stereocenters. The molecule has 1 heterocycles. The van der Waals surface area contributed by atoms with Gasteiger partial charge in [-0.05, 0) is 37.0 Å². The number of hydrogen-bond acceptors (Lipinski definition) is 3. The Balaban J connectivity index is 2.38. The zero-order valence-electron chi connectivity index (χ0n) is 11.8. The van der Waals surface area contributed by atoms with Gasteiger partial charge in [0.15, 0.2) is 0 Å². The van der Waals surface area contributed by atoms with Crippen LogP contribution in [0.5, 0.6) is 0 Å². The van der Waals surface area contributed by atoms with Crippen LogP contribution in [0.2, 0.25) is 0 Å². The first-order valence-corrected chi connectivity index (χ1v) is 6.66. The third kappa shape index (κ3) is 3.11. The minimum Gasteiger partial charge on any atom is -0.388 e. The molecule has 3 nitrogen and oxygen atoms in total. The average Bonchev–Trinajstić information content (AvgIpc) is 2.42. The molecule has 0 spiro atoms. The zero-order chi connectivity index (χ0) is 13.8. The van der Waals surface area contributed by atoms with Crippen molar-refractivity contribution < 1.29 is 9.84 Å². The molecule has 1 aromatic carbocycles. The van der Waals surface area contributed by atoms with Crippen molar-refractivity contribution in [1.82, 2.24) is 4.98 Å². The summed E-state index contributed by atoms with van der Waals surface area (Å²) in [5.41, 5.74) is 2.84. The van der Waals surface area contributed by atoms with E-state index in [0.717, 1.165) is 28.6 Å². The molecule has 0 aliphatic rings. The monoisotopic (exact) mass is 259 g/mol. The molecule has 0 amide bonds. The maximum absolute atomic E-state index is 10.6. The molecule has 0 radical (unpaired) electrons. The van der Waals surface area contributed by atoms with Gasteiger partial charge in [0, 0.05) is 24.8 Å². The molecule has 1 N–H and O–H groups in total. The van der Waals surface area contributed by atoms with Crippen LogP contribution in [0.15, 0.2) is 30.3 Å². The smallest absolute Gasteiger partial charge is 0.0823 e. The van der Waals surface area contributed by atoms with E-state index in [2.05, 4.69) is 4.98 Å². The van der Waals surface area contributed by atoms with Gasteiger partial charge >= 0.3 is 0 Å². The summed E-state index contributed by atoms with van der Waals surface area (Å²) in [5, 5.41) is 11.6. The Hall–Kier alpha value is -1.45. The van der Waals surface area contributed by atoms with Crippen molar-refractivity contribution >= 4 is 10.9 Å². The number of para-hydroxylation sites is 1. The number of rotatable bonds is 5. The Kier molecular flexibility index (Phi) is 4.51. The van der Waals surface area contributed by atoms with E-state index >= 15 is 0 Å². The molecule has 2 aromatic rings. The number of pyridine rings is 1. The highest BCUT2D eigenvalue weighted by Crippen LogP contribution is 2.30. The minimum atomic E-state index is -0.484. The van der Waals surface area contributed by atoms with E-state index in [9.17, 15) is 5.11 Å². The molecule has 102 valence electrons. The van der Waals surface area contributed by atoms with Gasteiger partial charge in [-0.2, -0.15) is 0 Å². The number of methoxy groups -OCH3 is 1. The predicted octanol–water partition coefficient (Wildman–Crippen LogP) is 3.25. The number of aryl methyl sites for hydroxylation is 1. The van der Waals surface area contributed by atoms with Crippen LogP contribution in [-0.4, -0.2) is 23.8 Å². The number of ether oxygens (including phenoxy) is 1. The van der Waals surface area contributed by atoms with Gasteiger partial charge in [0.05, 0.1) is 11.6 Å². The van der Waals surface area contributed by atoms with Gasteiger partial charge in [-0.25, -0.2) is 0 Å². The van der Waals surface area contributed by atoms with Gasteiger partial charge in [0.2, 0.25) is 0 Å². The lowest BCUT2D eigenvalue weighted by atomic mass is 9.92. The lowest BCUT2D eigenvalue weighted by Crippen LogP contribution is -2.12. The quantitative estimate of drug-likeness (QED) is 0.896. The van der Waals surface area contributed by atoms with E-state index < -0.39 is 6.10 Å². The third-order valence-electron chi connectivity index (χ3n) is 3.51. The summed E-state index contributed by atoms with van der Waals surface area (Å²) in [7, 11) is 1.69. The fraction of sp³-hybridized carbons (Fsp3) is 0.438. The normalized spacial score (nSPS) is 14.5. The first kappa shape index (κ1) is 14.0. The standard InChI is InChI=1S/C16H21NO2/c1-11(8-9-19-3)16(18)14-10-12(2)17-15-7-5-4-6-13(14)15/h4-7,10-11,16,18H,8-9H2,1-3H3. The topological polar surface area (TPSA) is 42.4 Å². The van der Waals surface area contributed by atoms with Crippen LogP contribution < -0.4 is 0 Å². The van der Waals surface area contributed by atoms with Gasteiger partial charge in [-0.1, -0.05) is 25.1 Å². The first-order valence-electron chi connectivity index (χ1n) is 6.66. The minimum absolute atomic E-state index is 0.158. The highest BCUT2D eigenvalue weighted by Gasteiger charge is 2.19. The SMILES string of the molecule is COCCC(C)C(O)c1cc(C)nc2ccccc12. The van der Waals surface area contributed by atoms with Gasteiger partial charge in [-0.15, -0.1) is 0 Å². The molecule has 0 saturated carbocycles. The summed E-state index contributed by atoms with van der Waals surface area (Å²) in [6.07, 6.45) is 0.356. The maximum Gasteiger partial charge on any atom is 0.0823 e. The highest BCUT2D eigenvalue weighted by atomic mass is 16.5. The van der Waals surface area contributed by atoms with Crippen LogP contribution in [-0.2, 0) is 4.74 Å². The van der Waals surface area contributed by atoms with Crippen LogP contribution >= 0.6 is 0 Å². The molecule has 2 rings (SSSR count). The van der Waals surface area contributed by atoms with Crippen molar-refractivity contribution in [2.45, 2.75) is 26.4 Å².